The molecule has 0 radical (unpaired) electrons. The molecule has 0 amide bonds. The van der Waals surface area contributed by atoms with Crippen molar-refractivity contribution in [3.05, 3.63) is 12.1 Å². The average molecular weight is 239 g/mol. The highest BCUT2D eigenvalue weighted by Gasteiger charge is 2.18. The van der Waals surface area contributed by atoms with Crippen LogP contribution in [-0.4, -0.2) is 30.8 Å². The number of hydrogen-bond donors (Lipinski definition) is 2. The van der Waals surface area contributed by atoms with Crippen molar-refractivity contribution in [1.29, 1.82) is 0 Å². The second kappa shape index (κ2) is 5.72. The molecule has 1 aromatic rings. The number of ether oxygens (including phenoxy) is 2. The summed E-state index contributed by atoms with van der Waals surface area (Å²) in [7, 11) is 1.58. The molecule has 0 saturated heterocycles. The predicted molar refractivity (Wildman–Crippen MR) is 69.4 cm³/mol. The number of nitrogens with zero attached hydrogens (tertiary/aromatic N) is 1. The topological polar surface area (TPSA) is 69.4 Å². The van der Waals surface area contributed by atoms with E-state index in [-0.39, 0.29) is 5.60 Å². The summed E-state index contributed by atoms with van der Waals surface area (Å²) in [6, 6.07) is 3.50. The number of nitrogen functional groups attached to an aromatic ring is 1. The van der Waals surface area contributed by atoms with Gasteiger partial charge in [0.05, 0.1) is 18.4 Å². The third-order valence-corrected chi connectivity index (χ3v) is 2.33. The van der Waals surface area contributed by atoms with E-state index in [9.17, 15) is 0 Å². The van der Waals surface area contributed by atoms with Crippen molar-refractivity contribution >= 4 is 11.5 Å². The van der Waals surface area contributed by atoms with Gasteiger partial charge in [-0.15, -0.1) is 0 Å². The molecule has 1 heterocycles. The van der Waals surface area contributed by atoms with Gasteiger partial charge in [-0.25, -0.2) is 0 Å². The van der Waals surface area contributed by atoms with Gasteiger partial charge in [0.1, 0.15) is 0 Å². The van der Waals surface area contributed by atoms with Crippen molar-refractivity contribution < 1.29 is 9.47 Å². The molecule has 0 fully saturated rings. The zero-order chi connectivity index (χ0) is 12.9. The number of rotatable bonds is 6. The van der Waals surface area contributed by atoms with Gasteiger partial charge in [0, 0.05) is 19.2 Å². The fraction of sp³-hybridized carbons (Fsp3) is 0.583. The molecule has 17 heavy (non-hydrogen) atoms. The lowest BCUT2D eigenvalue weighted by Crippen LogP contribution is -2.33. The third-order valence-electron chi connectivity index (χ3n) is 2.33. The molecular weight excluding hydrogens is 218 g/mol. The minimum absolute atomic E-state index is 0.258. The highest BCUT2D eigenvalue weighted by Crippen LogP contribution is 2.20. The molecule has 0 saturated carbocycles. The first kappa shape index (κ1) is 13.6. The van der Waals surface area contributed by atoms with Gasteiger partial charge in [-0.2, -0.15) is 4.98 Å². The van der Waals surface area contributed by atoms with Crippen LogP contribution in [0.5, 0.6) is 5.88 Å². The largest absolute Gasteiger partial charge is 0.481 e. The summed E-state index contributed by atoms with van der Waals surface area (Å²) in [6.07, 6.45) is 0. The van der Waals surface area contributed by atoms with Gasteiger partial charge >= 0.3 is 0 Å². The van der Waals surface area contributed by atoms with E-state index in [1.54, 1.807) is 19.2 Å². The quantitative estimate of drug-likeness (QED) is 0.793. The molecule has 0 atom stereocenters. The summed E-state index contributed by atoms with van der Waals surface area (Å²) in [6.45, 7) is 7.31. The van der Waals surface area contributed by atoms with Crippen molar-refractivity contribution in [3.8, 4) is 5.88 Å². The van der Waals surface area contributed by atoms with Crippen LogP contribution < -0.4 is 15.8 Å². The van der Waals surface area contributed by atoms with Crippen molar-refractivity contribution in [2.24, 2.45) is 0 Å². The van der Waals surface area contributed by atoms with Gasteiger partial charge < -0.3 is 20.5 Å². The van der Waals surface area contributed by atoms with E-state index in [2.05, 4.69) is 10.3 Å². The Hall–Kier alpha value is -1.49. The zero-order valence-electron chi connectivity index (χ0n) is 10.9. The summed E-state index contributed by atoms with van der Waals surface area (Å²) in [5.41, 5.74) is 6.16. The minimum atomic E-state index is -0.258. The summed E-state index contributed by atoms with van der Waals surface area (Å²) >= 11 is 0. The van der Waals surface area contributed by atoms with Crippen LogP contribution in [0, 0.1) is 0 Å². The number of nitrogens with two attached hydrogens (primary N) is 1. The molecule has 5 heteroatoms. The van der Waals surface area contributed by atoms with E-state index < -0.39 is 0 Å². The Bertz CT molecular complexity index is 367. The van der Waals surface area contributed by atoms with Crippen LogP contribution in [0.25, 0.3) is 0 Å². The second-order valence-electron chi connectivity index (χ2n) is 4.34. The monoisotopic (exact) mass is 239 g/mol. The zero-order valence-corrected chi connectivity index (χ0v) is 10.9. The molecule has 3 N–H and O–H groups in total. The Morgan fingerprint density at radius 1 is 1.41 bits per heavy atom. The van der Waals surface area contributed by atoms with E-state index in [1.165, 1.54) is 0 Å². The smallest absolute Gasteiger partial charge is 0.215 e. The number of pyridine rings is 1. The third kappa shape index (κ3) is 4.11. The Kier molecular flexibility index (Phi) is 4.57. The Morgan fingerprint density at radius 3 is 2.71 bits per heavy atom. The maximum Gasteiger partial charge on any atom is 0.215 e. The van der Waals surface area contributed by atoms with Gasteiger partial charge in [-0.3, -0.25) is 0 Å². The van der Waals surface area contributed by atoms with Crippen LogP contribution in [0.1, 0.15) is 20.8 Å². The van der Waals surface area contributed by atoms with Crippen molar-refractivity contribution in [1.82, 2.24) is 4.98 Å². The lowest BCUT2D eigenvalue weighted by atomic mass is 10.1. The molecule has 0 bridgehead atoms. The summed E-state index contributed by atoms with van der Waals surface area (Å²) in [5.74, 6) is 1.16. The fourth-order valence-electron chi connectivity index (χ4n) is 1.45. The molecule has 5 nitrogen and oxygen atoms in total. The number of hydrogen-bond acceptors (Lipinski definition) is 5. The Labute approximate surface area is 102 Å². The highest BCUT2D eigenvalue weighted by molar-refractivity contribution is 5.62. The first-order chi connectivity index (χ1) is 7.98. The van der Waals surface area contributed by atoms with E-state index >= 15 is 0 Å². The molecular formula is C12H21N3O2. The van der Waals surface area contributed by atoms with E-state index in [0.29, 0.717) is 30.5 Å². The van der Waals surface area contributed by atoms with Crippen LogP contribution in [0.2, 0.25) is 0 Å². The summed E-state index contributed by atoms with van der Waals surface area (Å²) in [4.78, 5) is 4.24. The number of aromatic nitrogens is 1. The average Bonchev–Trinajstić information content (AvgIpc) is 2.28. The molecule has 0 aromatic carbocycles. The molecule has 0 aliphatic rings. The van der Waals surface area contributed by atoms with Crippen LogP contribution in [0.4, 0.5) is 11.5 Å². The van der Waals surface area contributed by atoms with Crippen molar-refractivity contribution in [2.45, 2.75) is 26.4 Å². The van der Waals surface area contributed by atoms with E-state index in [1.807, 2.05) is 20.8 Å². The van der Waals surface area contributed by atoms with Crippen molar-refractivity contribution in [3.63, 3.8) is 0 Å². The second-order valence-corrected chi connectivity index (χ2v) is 4.34. The highest BCUT2D eigenvalue weighted by atomic mass is 16.5. The van der Waals surface area contributed by atoms with E-state index in [4.69, 9.17) is 15.2 Å². The molecule has 0 aliphatic heterocycles. The Morgan fingerprint density at radius 2 is 2.12 bits per heavy atom. The Balaban J connectivity index is 2.68. The van der Waals surface area contributed by atoms with Gasteiger partial charge in [-0.1, -0.05) is 0 Å². The van der Waals surface area contributed by atoms with Gasteiger partial charge in [0.2, 0.25) is 5.88 Å². The first-order valence-electron chi connectivity index (χ1n) is 5.67. The minimum Gasteiger partial charge on any atom is -0.481 e. The summed E-state index contributed by atoms with van der Waals surface area (Å²) < 4.78 is 10.6. The molecule has 0 unspecified atom stereocenters. The molecule has 0 aliphatic carbocycles. The number of nitrogens with one attached hydrogen (secondary N) is 1. The number of anilines is 2. The standard InChI is InChI=1S/C12H21N3O2/c1-5-17-12(2,3)8-14-11-9(13)6-7-10(15-11)16-4/h6-7H,5,8,13H2,1-4H3,(H,14,15). The molecule has 96 valence electrons. The van der Waals surface area contributed by atoms with Gasteiger partial charge in [-0.05, 0) is 26.8 Å². The van der Waals surface area contributed by atoms with Crippen molar-refractivity contribution in [2.75, 3.05) is 31.3 Å². The van der Waals surface area contributed by atoms with Crippen LogP contribution in [0.15, 0.2) is 12.1 Å². The maximum absolute atomic E-state index is 5.83. The normalized spacial score (nSPS) is 11.3. The fourth-order valence-corrected chi connectivity index (χ4v) is 1.45. The maximum atomic E-state index is 5.83. The van der Waals surface area contributed by atoms with Crippen LogP contribution >= 0.6 is 0 Å². The SMILES string of the molecule is CCOC(C)(C)CNc1nc(OC)ccc1N. The van der Waals surface area contributed by atoms with Gasteiger partial charge in [0.15, 0.2) is 5.82 Å². The van der Waals surface area contributed by atoms with Gasteiger partial charge in [0.25, 0.3) is 0 Å². The molecule has 1 rings (SSSR count). The van der Waals surface area contributed by atoms with Crippen LogP contribution in [0.3, 0.4) is 0 Å². The summed E-state index contributed by atoms with van der Waals surface area (Å²) in [5, 5.41) is 3.17. The lowest BCUT2D eigenvalue weighted by molar-refractivity contribution is 0.000648. The lowest BCUT2D eigenvalue weighted by Gasteiger charge is -2.25. The number of methoxy groups -OCH3 is 1. The van der Waals surface area contributed by atoms with Crippen LogP contribution in [-0.2, 0) is 4.74 Å². The first-order valence-corrected chi connectivity index (χ1v) is 5.67. The molecule has 0 spiro atoms. The molecule has 1 aromatic heterocycles. The van der Waals surface area contributed by atoms with E-state index in [0.717, 1.165) is 0 Å². The predicted octanol–water partition coefficient (Wildman–Crippen LogP) is 1.90.